The predicted octanol–water partition coefficient (Wildman–Crippen LogP) is 2.72. The Balaban J connectivity index is 1.48. The third-order valence-corrected chi connectivity index (χ3v) is 6.12. The molecule has 0 unspecified atom stereocenters. The van der Waals surface area contributed by atoms with Crippen molar-refractivity contribution in [1.82, 2.24) is 19.9 Å². The first-order valence-electron chi connectivity index (χ1n) is 10.2. The Morgan fingerprint density at radius 2 is 2.13 bits per heavy atom. The lowest BCUT2D eigenvalue weighted by Crippen LogP contribution is -2.34. The van der Waals surface area contributed by atoms with Gasteiger partial charge >= 0.3 is 0 Å². The second kappa shape index (κ2) is 8.83. The van der Waals surface area contributed by atoms with E-state index in [2.05, 4.69) is 27.2 Å². The van der Waals surface area contributed by atoms with Crippen molar-refractivity contribution in [2.75, 3.05) is 24.6 Å². The molecule has 1 N–H and O–H groups in total. The SMILES string of the molecule is CCOc1ccc(CNC(=O)c2cnc3sc(N4CCC[C@H](C)C4)nn3c2=O)cc1. The summed E-state index contributed by atoms with van der Waals surface area (Å²) in [6.07, 6.45) is 3.66. The van der Waals surface area contributed by atoms with Crippen molar-refractivity contribution in [3.05, 3.63) is 51.9 Å². The molecule has 0 radical (unpaired) electrons. The van der Waals surface area contributed by atoms with Crippen LogP contribution >= 0.6 is 11.3 Å². The highest BCUT2D eigenvalue weighted by Crippen LogP contribution is 2.26. The molecule has 1 aliphatic rings. The molecule has 9 heteroatoms. The second-order valence-electron chi connectivity index (χ2n) is 7.51. The van der Waals surface area contributed by atoms with Crippen LogP contribution in [0.4, 0.5) is 5.13 Å². The minimum absolute atomic E-state index is 0.0118. The Morgan fingerprint density at radius 1 is 1.33 bits per heavy atom. The average molecular weight is 428 g/mol. The van der Waals surface area contributed by atoms with Crippen LogP contribution in [0.5, 0.6) is 5.75 Å². The highest BCUT2D eigenvalue weighted by atomic mass is 32.1. The molecule has 1 aliphatic heterocycles. The number of aromatic nitrogens is 3. The summed E-state index contributed by atoms with van der Waals surface area (Å²) in [5, 5.41) is 8.01. The summed E-state index contributed by atoms with van der Waals surface area (Å²) in [6.45, 7) is 6.90. The topological polar surface area (TPSA) is 88.8 Å². The first kappa shape index (κ1) is 20.3. The molecule has 0 saturated carbocycles. The molecular formula is C21H25N5O3S. The van der Waals surface area contributed by atoms with Crippen molar-refractivity contribution in [3.8, 4) is 5.75 Å². The highest BCUT2D eigenvalue weighted by molar-refractivity contribution is 7.20. The first-order chi connectivity index (χ1) is 14.5. The van der Waals surface area contributed by atoms with E-state index in [1.165, 1.54) is 28.5 Å². The molecular weight excluding hydrogens is 402 g/mol. The van der Waals surface area contributed by atoms with Gasteiger partial charge in [0.25, 0.3) is 11.5 Å². The molecule has 158 valence electrons. The van der Waals surface area contributed by atoms with Gasteiger partial charge in [0.05, 0.1) is 6.61 Å². The molecule has 0 bridgehead atoms. The van der Waals surface area contributed by atoms with Crippen LogP contribution in [-0.4, -0.2) is 40.2 Å². The van der Waals surface area contributed by atoms with Gasteiger partial charge in [-0.05, 0) is 43.4 Å². The van der Waals surface area contributed by atoms with Crippen molar-refractivity contribution in [1.29, 1.82) is 0 Å². The third-order valence-electron chi connectivity index (χ3n) is 5.14. The molecule has 8 nitrogen and oxygen atoms in total. The van der Waals surface area contributed by atoms with E-state index in [-0.39, 0.29) is 5.56 Å². The van der Waals surface area contributed by atoms with E-state index in [4.69, 9.17) is 4.74 Å². The first-order valence-corrected chi connectivity index (χ1v) is 11.0. The molecule has 30 heavy (non-hydrogen) atoms. The summed E-state index contributed by atoms with van der Waals surface area (Å²) < 4.78 is 6.66. The summed E-state index contributed by atoms with van der Waals surface area (Å²) in [5.41, 5.74) is 0.454. The summed E-state index contributed by atoms with van der Waals surface area (Å²) in [6, 6.07) is 7.47. The number of hydrogen-bond acceptors (Lipinski definition) is 7. The van der Waals surface area contributed by atoms with Crippen LogP contribution in [0.2, 0.25) is 0 Å². The number of fused-ring (bicyclic) bond motifs is 1. The van der Waals surface area contributed by atoms with Crippen LogP contribution < -0.4 is 20.5 Å². The normalized spacial score (nSPS) is 16.6. The Kier molecular flexibility index (Phi) is 5.98. The molecule has 1 fully saturated rings. The smallest absolute Gasteiger partial charge is 0.288 e. The van der Waals surface area contributed by atoms with E-state index in [9.17, 15) is 9.59 Å². The summed E-state index contributed by atoms with van der Waals surface area (Å²) in [7, 11) is 0. The maximum absolute atomic E-state index is 12.8. The average Bonchev–Trinajstić information content (AvgIpc) is 3.19. The maximum Gasteiger partial charge on any atom is 0.288 e. The maximum atomic E-state index is 12.8. The van der Waals surface area contributed by atoms with Crippen LogP contribution in [0.3, 0.4) is 0 Å². The lowest BCUT2D eigenvalue weighted by molar-refractivity contribution is 0.0948. The number of amides is 1. The van der Waals surface area contributed by atoms with E-state index in [1.807, 2.05) is 31.2 Å². The number of piperidine rings is 1. The summed E-state index contributed by atoms with van der Waals surface area (Å²) in [4.78, 5) is 32.4. The van der Waals surface area contributed by atoms with Crippen molar-refractivity contribution >= 4 is 27.3 Å². The molecule has 0 aliphatic carbocycles. The van der Waals surface area contributed by atoms with Crippen molar-refractivity contribution < 1.29 is 9.53 Å². The Bertz CT molecular complexity index is 1090. The zero-order chi connectivity index (χ0) is 21.1. The number of ether oxygens (including phenoxy) is 1. The fraction of sp³-hybridized carbons (Fsp3) is 0.429. The lowest BCUT2D eigenvalue weighted by Gasteiger charge is -2.30. The molecule has 3 heterocycles. The highest BCUT2D eigenvalue weighted by Gasteiger charge is 2.22. The molecule has 2 aromatic heterocycles. The van der Waals surface area contributed by atoms with Crippen molar-refractivity contribution in [2.24, 2.45) is 5.92 Å². The Hall–Kier alpha value is -2.94. The van der Waals surface area contributed by atoms with E-state index in [0.29, 0.717) is 24.0 Å². The minimum Gasteiger partial charge on any atom is -0.494 e. The van der Waals surface area contributed by atoms with Crippen LogP contribution in [0.1, 0.15) is 42.6 Å². The molecule has 1 aromatic carbocycles. The van der Waals surface area contributed by atoms with Crippen molar-refractivity contribution in [3.63, 3.8) is 0 Å². The van der Waals surface area contributed by atoms with Gasteiger partial charge in [-0.3, -0.25) is 9.59 Å². The standard InChI is InChI=1S/C21H25N5O3S/c1-3-29-16-8-6-15(7-9-16)11-22-18(27)17-12-23-20-26(19(17)28)24-21(30-20)25-10-4-5-14(2)13-25/h6-9,12,14H,3-5,10-11,13H2,1-2H3,(H,22,27)/t14-/m0/s1. The van der Waals surface area contributed by atoms with Gasteiger partial charge < -0.3 is 15.0 Å². The zero-order valence-electron chi connectivity index (χ0n) is 17.1. The molecule has 0 spiro atoms. The number of nitrogens with one attached hydrogen (secondary N) is 1. The van der Waals surface area contributed by atoms with Crippen LogP contribution in [0.25, 0.3) is 4.96 Å². The van der Waals surface area contributed by atoms with E-state index < -0.39 is 11.5 Å². The zero-order valence-corrected chi connectivity index (χ0v) is 17.9. The van der Waals surface area contributed by atoms with Gasteiger partial charge in [0.15, 0.2) is 0 Å². The third kappa shape index (κ3) is 4.30. The van der Waals surface area contributed by atoms with Crippen LogP contribution in [-0.2, 0) is 6.54 Å². The van der Waals surface area contributed by atoms with Gasteiger partial charge in [-0.1, -0.05) is 30.4 Å². The molecule has 1 atom stereocenters. The van der Waals surface area contributed by atoms with E-state index in [1.54, 1.807) is 0 Å². The van der Waals surface area contributed by atoms with Gasteiger partial charge in [0, 0.05) is 25.8 Å². The van der Waals surface area contributed by atoms with Crippen LogP contribution in [0.15, 0.2) is 35.3 Å². The predicted molar refractivity (Wildman–Crippen MR) is 117 cm³/mol. The van der Waals surface area contributed by atoms with E-state index >= 15 is 0 Å². The van der Waals surface area contributed by atoms with Crippen molar-refractivity contribution in [2.45, 2.75) is 33.2 Å². The minimum atomic E-state index is -0.461. The molecule has 1 amide bonds. The summed E-state index contributed by atoms with van der Waals surface area (Å²) in [5.74, 6) is 0.916. The largest absolute Gasteiger partial charge is 0.494 e. The number of nitrogens with zero attached hydrogens (tertiary/aromatic N) is 4. The number of anilines is 1. The number of carbonyl (C=O) groups is 1. The Morgan fingerprint density at radius 3 is 2.87 bits per heavy atom. The number of rotatable bonds is 6. The second-order valence-corrected chi connectivity index (χ2v) is 8.44. The Labute approximate surface area is 178 Å². The van der Waals surface area contributed by atoms with E-state index in [0.717, 1.165) is 36.0 Å². The molecule has 1 saturated heterocycles. The monoisotopic (exact) mass is 427 g/mol. The quantitative estimate of drug-likeness (QED) is 0.651. The van der Waals surface area contributed by atoms with Gasteiger partial charge in [-0.25, -0.2) is 4.98 Å². The number of hydrogen-bond donors (Lipinski definition) is 1. The number of benzene rings is 1. The van der Waals surface area contributed by atoms with Gasteiger partial charge in [0.2, 0.25) is 10.1 Å². The number of carbonyl (C=O) groups excluding carboxylic acids is 1. The summed E-state index contributed by atoms with van der Waals surface area (Å²) >= 11 is 1.38. The fourth-order valence-corrected chi connectivity index (χ4v) is 4.47. The van der Waals surface area contributed by atoms with Gasteiger partial charge in [-0.2, -0.15) is 4.52 Å². The molecule has 3 aromatic rings. The van der Waals surface area contributed by atoms with Gasteiger partial charge in [-0.15, -0.1) is 5.10 Å². The fourth-order valence-electron chi connectivity index (χ4n) is 3.57. The lowest BCUT2D eigenvalue weighted by atomic mass is 10.0. The van der Waals surface area contributed by atoms with Crippen LogP contribution in [0, 0.1) is 5.92 Å². The van der Waals surface area contributed by atoms with Gasteiger partial charge in [0.1, 0.15) is 11.3 Å². The molecule has 4 rings (SSSR count).